The number of benzene rings is 2. The smallest absolute Gasteiger partial charge is 0.253 e. The van der Waals surface area contributed by atoms with E-state index in [1.165, 1.54) is 4.90 Å². The molecular weight excluding hydrogens is 416 g/mol. The molecule has 6 heteroatoms. The van der Waals surface area contributed by atoms with Crippen molar-refractivity contribution in [1.29, 1.82) is 0 Å². The summed E-state index contributed by atoms with van der Waals surface area (Å²) < 4.78 is 0. The van der Waals surface area contributed by atoms with Crippen LogP contribution in [0.1, 0.15) is 52.4 Å². The molecule has 4 nitrogen and oxygen atoms in total. The van der Waals surface area contributed by atoms with Crippen LogP contribution in [0.25, 0.3) is 0 Å². The molecule has 2 aliphatic heterocycles. The topological polar surface area (TPSA) is 49.4 Å². The number of carbonyl (C=O) groups excluding carboxylic acids is 2. The van der Waals surface area contributed by atoms with Crippen molar-refractivity contribution < 1.29 is 9.59 Å². The van der Waals surface area contributed by atoms with Crippen LogP contribution in [0.4, 0.5) is 0 Å². The number of thioether (sulfide) groups is 1. The normalized spacial score (nSPS) is 21.1. The number of likely N-dealkylation sites (tertiary alicyclic amines) is 1. The van der Waals surface area contributed by atoms with Crippen molar-refractivity contribution in [2.75, 3.05) is 18.8 Å². The third kappa shape index (κ3) is 4.68. The molecule has 0 radical (unpaired) electrons. The lowest BCUT2D eigenvalue weighted by Crippen LogP contribution is -2.46. The van der Waals surface area contributed by atoms with E-state index in [1.807, 2.05) is 49.1 Å². The number of nitrogens with one attached hydrogen (secondary N) is 1. The molecule has 2 aromatic rings. The number of piperidine rings is 1. The number of amides is 2. The molecular formula is C24H27ClN2O2S. The van der Waals surface area contributed by atoms with E-state index in [0.717, 1.165) is 41.7 Å². The van der Waals surface area contributed by atoms with Gasteiger partial charge in [0.05, 0.1) is 12.0 Å². The van der Waals surface area contributed by atoms with Crippen LogP contribution in [0.15, 0.2) is 41.3 Å². The number of rotatable bonds is 3. The van der Waals surface area contributed by atoms with Crippen LogP contribution in [0, 0.1) is 19.8 Å². The maximum absolute atomic E-state index is 13.1. The second-order valence-corrected chi connectivity index (χ2v) is 9.92. The highest BCUT2D eigenvalue weighted by Crippen LogP contribution is 2.37. The third-order valence-corrected chi connectivity index (χ3v) is 7.23. The highest BCUT2D eigenvalue weighted by molar-refractivity contribution is 7.99. The summed E-state index contributed by atoms with van der Waals surface area (Å²) >= 11 is 8.00. The van der Waals surface area contributed by atoms with Gasteiger partial charge in [0.1, 0.15) is 0 Å². The first kappa shape index (κ1) is 21.3. The van der Waals surface area contributed by atoms with E-state index in [-0.39, 0.29) is 23.8 Å². The summed E-state index contributed by atoms with van der Waals surface area (Å²) in [7, 11) is 0. The Morgan fingerprint density at radius 1 is 1.10 bits per heavy atom. The van der Waals surface area contributed by atoms with Gasteiger partial charge >= 0.3 is 0 Å². The first-order valence-electron chi connectivity index (χ1n) is 10.5. The van der Waals surface area contributed by atoms with Gasteiger partial charge in [-0.3, -0.25) is 9.59 Å². The Balaban J connectivity index is 1.44. The highest BCUT2D eigenvalue weighted by Gasteiger charge is 2.31. The number of halogens is 1. The molecule has 2 amide bonds. The van der Waals surface area contributed by atoms with Crippen molar-refractivity contribution in [3.63, 3.8) is 0 Å². The maximum atomic E-state index is 13.1. The van der Waals surface area contributed by atoms with E-state index < -0.39 is 0 Å². The Morgan fingerprint density at radius 3 is 2.63 bits per heavy atom. The van der Waals surface area contributed by atoms with Gasteiger partial charge in [-0.1, -0.05) is 28.8 Å². The lowest BCUT2D eigenvalue weighted by molar-refractivity contribution is -0.127. The molecule has 1 fully saturated rings. The standard InChI is InChI=1S/C24H27ClN2O2S/c1-15-10-16(2)12-18(11-15)24(29)27-8-3-4-17(14-27)23(28)26-21-7-9-30-22-6-5-19(25)13-20(21)22/h5-6,10-13,17,21H,3-4,7-9,14H2,1-2H3,(H,26,28). The minimum absolute atomic E-state index is 0.0158. The summed E-state index contributed by atoms with van der Waals surface area (Å²) in [6.45, 7) is 5.18. The largest absolute Gasteiger partial charge is 0.349 e. The van der Waals surface area contributed by atoms with E-state index in [4.69, 9.17) is 11.6 Å². The zero-order valence-corrected chi connectivity index (χ0v) is 19.0. The van der Waals surface area contributed by atoms with Gasteiger partial charge in [-0.25, -0.2) is 0 Å². The quantitative estimate of drug-likeness (QED) is 0.714. The van der Waals surface area contributed by atoms with Gasteiger partial charge < -0.3 is 10.2 Å². The van der Waals surface area contributed by atoms with E-state index in [1.54, 1.807) is 11.8 Å². The summed E-state index contributed by atoms with van der Waals surface area (Å²) in [5, 5.41) is 3.93. The Bertz CT molecular complexity index is 957. The van der Waals surface area contributed by atoms with E-state index in [0.29, 0.717) is 23.7 Å². The first-order chi connectivity index (χ1) is 14.4. The zero-order valence-electron chi connectivity index (χ0n) is 17.4. The Morgan fingerprint density at radius 2 is 1.87 bits per heavy atom. The van der Waals surface area contributed by atoms with Crippen molar-refractivity contribution in [1.82, 2.24) is 10.2 Å². The highest BCUT2D eigenvalue weighted by atomic mass is 35.5. The monoisotopic (exact) mass is 442 g/mol. The van der Waals surface area contributed by atoms with Crippen molar-refractivity contribution in [2.45, 2.75) is 44.0 Å². The number of hydrogen-bond acceptors (Lipinski definition) is 3. The molecule has 30 heavy (non-hydrogen) atoms. The fraction of sp³-hybridized carbons (Fsp3) is 0.417. The van der Waals surface area contributed by atoms with Crippen LogP contribution in [0.3, 0.4) is 0 Å². The number of fused-ring (bicyclic) bond motifs is 1. The van der Waals surface area contributed by atoms with E-state index in [9.17, 15) is 9.59 Å². The molecule has 2 unspecified atom stereocenters. The molecule has 0 aliphatic carbocycles. The van der Waals surface area contributed by atoms with Gasteiger partial charge in [0.2, 0.25) is 5.91 Å². The maximum Gasteiger partial charge on any atom is 0.253 e. The van der Waals surface area contributed by atoms with Crippen LogP contribution in [0.2, 0.25) is 5.02 Å². The molecule has 0 aromatic heterocycles. The predicted octanol–water partition coefficient (Wildman–Crippen LogP) is 5.16. The Hall–Kier alpha value is -1.98. The van der Waals surface area contributed by atoms with Crippen LogP contribution < -0.4 is 5.32 Å². The van der Waals surface area contributed by atoms with Gasteiger partial charge in [0.25, 0.3) is 5.91 Å². The molecule has 1 saturated heterocycles. The Kier molecular flexibility index (Phi) is 6.40. The van der Waals surface area contributed by atoms with E-state index >= 15 is 0 Å². The minimum atomic E-state index is -0.175. The van der Waals surface area contributed by atoms with Crippen LogP contribution in [-0.4, -0.2) is 35.6 Å². The fourth-order valence-corrected chi connectivity index (χ4v) is 5.75. The SMILES string of the molecule is Cc1cc(C)cc(C(=O)N2CCCC(C(=O)NC3CCSc4ccc(Cl)cc43)C2)c1. The number of aryl methyl sites for hydroxylation is 2. The van der Waals surface area contributed by atoms with Crippen LogP contribution in [0.5, 0.6) is 0 Å². The molecule has 2 aliphatic rings. The van der Waals surface area contributed by atoms with Crippen LogP contribution >= 0.6 is 23.4 Å². The van der Waals surface area contributed by atoms with Crippen molar-refractivity contribution in [3.8, 4) is 0 Å². The van der Waals surface area contributed by atoms with Gasteiger partial charge in [-0.05, 0) is 69.0 Å². The Labute approximate surface area is 187 Å². The average Bonchev–Trinajstić information content (AvgIpc) is 2.73. The summed E-state index contributed by atoms with van der Waals surface area (Å²) in [5.41, 5.74) is 3.97. The average molecular weight is 443 g/mol. The molecule has 0 spiro atoms. The van der Waals surface area contributed by atoms with Crippen molar-refractivity contribution >= 4 is 35.2 Å². The molecule has 1 N–H and O–H groups in total. The predicted molar refractivity (Wildman–Crippen MR) is 122 cm³/mol. The zero-order chi connectivity index (χ0) is 21.3. The summed E-state index contributed by atoms with van der Waals surface area (Å²) in [6, 6.07) is 11.8. The second kappa shape index (κ2) is 9.03. The molecule has 158 valence electrons. The van der Waals surface area contributed by atoms with Crippen molar-refractivity contribution in [3.05, 3.63) is 63.7 Å². The molecule has 4 rings (SSSR count). The van der Waals surface area contributed by atoms with Gasteiger partial charge in [0, 0.05) is 34.3 Å². The summed E-state index contributed by atoms with van der Waals surface area (Å²) in [4.78, 5) is 29.1. The van der Waals surface area contributed by atoms with E-state index in [2.05, 4.69) is 11.4 Å². The van der Waals surface area contributed by atoms with Crippen molar-refractivity contribution in [2.24, 2.45) is 5.92 Å². The van der Waals surface area contributed by atoms with Gasteiger partial charge in [-0.15, -0.1) is 11.8 Å². The summed E-state index contributed by atoms with van der Waals surface area (Å²) in [6.07, 6.45) is 2.55. The summed E-state index contributed by atoms with van der Waals surface area (Å²) in [5.74, 6) is 0.855. The van der Waals surface area contributed by atoms with Gasteiger partial charge in [0.15, 0.2) is 0 Å². The fourth-order valence-electron chi connectivity index (χ4n) is 4.46. The minimum Gasteiger partial charge on any atom is -0.349 e. The first-order valence-corrected chi connectivity index (χ1v) is 11.9. The van der Waals surface area contributed by atoms with Gasteiger partial charge in [-0.2, -0.15) is 0 Å². The lowest BCUT2D eigenvalue weighted by atomic mass is 9.94. The van der Waals surface area contributed by atoms with Crippen LogP contribution in [-0.2, 0) is 4.79 Å². The third-order valence-electron chi connectivity index (χ3n) is 5.88. The molecule has 2 atom stereocenters. The number of nitrogens with zero attached hydrogens (tertiary/aromatic N) is 1. The number of hydrogen-bond donors (Lipinski definition) is 1. The second-order valence-electron chi connectivity index (χ2n) is 8.35. The molecule has 2 aromatic carbocycles. The number of carbonyl (C=O) groups is 2. The molecule has 0 saturated carbocycles. The molecule has 0 bridgehead atoms. The molecule has 2 heterocycles. The lowest BCUT2D eigenvalue weighted by Gasteiger charge is -2.34.